The van der Waals surface area contributed by atoms with Crippen molar-refractivity contribution in [3.8, 4) is 0 Å². The molecular weight excluding hydrogens is 168 g/mol. The van der Waals surface area contributed by atoms with Crippen LogP contribution in [0.5, 0.6) is 0 Å². The molecule has 3 heteroatoms. The summed E-state index contributed by atoms with van der Waals surface area (Å²) in [5.41, 5.74) is 0. The van der Waals surface area contributed by atoms with Crippen molar-refractivity contribution in [3.63, 3.8) is 0 Å². The molecule has 74 valence electrons. The number of ketones is 1. The third-order valence-corrected chi connectivity index (χ3v) is 2.44. The molecule has 1 fully saturated rings. The van der Waals surface area contributed by atoms with E-state index in [2.05, 4.69) is 6.92 Å². The zero-order valence-electron chi connectivity index (χ0n) is 8.21. The number of carbonyl (C=O) groups excluding carboxylic acids is 2. The number of hydrogen-bond donors (Lipinski definition) is 0. The van der Waals surface area contributed by atoms with E-state index >= 15 is 0 Å². The maximum Gasteiger partial charge on any atom is 0.316 e. The molecule has 0 bridgehead atoms. The van der Waals surface area contributed by atoms with Gasteiger partial charge in [0, 0.05) is 6.42 Å². The van der Waals surface area contributed by atoms with Gasteiger partial charge in [0.15, 0.2) is 0 Å². The van der Waals surface area contributed by atoms with E-state index < -0.39 is 5.92 Å². The molecule has 2 unspecified atom stereocenters. The molecule has 0 N–H and O–H groups in total. The third kappa shape index (κ3) is 2.54. The van der Waals surface area contributed by atoms with Crippen LogP contribution in [0.3, 0.4) is 0 Å². The Morgan fingerprint density at radius 1 is 1.62 bits per heavy atom. The summed E-state index contributed by atoms with van der Waals surface area (Å²) in [4.78, 5) is 22.1. The second-order valence-electron chi connectivity index (χ2n) is 3.60. The van der Waals surface area contributed by atoms with Gasteiger partial charge in [-0.1, -0.05) is 19.8 Å². The van der Waals surface area contributed by atoms with Crippen LogP contribution in [0, 0.1) is 5.92 Å². The van der Waals surface area contributed by atoms with Gasteiger partial charge in [-0.25, -0.2) is 0 Å². The van der Waals surface area contributed by atoms with Crippen molar-refractivity contribution >= 4 is 11.8 Å². The summed E-state index contributed by atoms with van der Waals surface area (Å²) >= 11 is 0. The molecule has 0 aromatic rings. The first-order chi connectivity index (χ1) is 6.15. The van der Waals surface area contributed by atoms with Crippen LogP contribution >= 0.6 is 0 Å². The van der Waals surface area contributed by atoms with Crippen LogP contribution in [0.1, 0.15) is 39.5 Å². The third-order valence-electron chi connectivity index (χ3n) is 2.44. The van der Waals surface area contributed by atoms with Gasteiger partial charge >= 0.3 is 5.97 Å². The van der Waals surface area contributed by atoms with Crippen molar-refractivity contribution in [1.82, 2.24) is 0 Å². The summed E-state index contributed by atoms with van der Waals surface area (Å²) in [6.07, 6.45) is 3.63. The summed E-state index contributed by atoms with van der Waals surface area (Å²) in [6, 6.07) is 0. The first-order valence-corrected chi connectivity index (χ1v) is 4.86. The van der Waals surface area contributed by atoms with Gasteiger partial charge < -0.3 is 4.74 Å². The summed E-state index contributed by atoms with van der Waals surface area (Å²) < 4.78 is 5.08. The minimum absolute atomic E-state index is 0.0126. The minimum atomic E-state index is -0.484. The molecule has 0 saturated carbocycles. The van der Waals surface area contributed by atoms with E-state index in [4.69, 9.17) is 4.74 Å². The molecule has 0 radical (unpaired) electrons. The van der Waals surface area contributed by atoms with Gasteiger partial charge in [-0.05, 0) is 13.3 Å². The first kappa shape index (κ1) is 10.2. The average molecular weight is 184 g/mol. The Hall–Kier alpha value is -0.860. The fourth-order valence-corrected chi connectivity index (χ4v) is 1.59. The zero-order valence-corrected chi connectivity index (χ0v) is 8.21. The highest BCUT2D eigenvalue weighted by atomic mass is 16.6. The fourth-order valence-electron chi connectivity index (χ4n) is 1.59. The molecule has 1 aliphatic rings. The van der Waals surface area contributed by atoms with Crippen LogP contribution in [0.25, 0.3) is 0 Å². The SMILES string of the molecule is CCCCC1CC(C(C)=O)C(=O)O1. The Kier molecular flexibility index (Phi) is 3.46. The molecule has 1 aliphatic heterocycles. The topological polar surface area (TPSA) is 43.4 Å². The van der Waals surface area contributed by atoms with E-state index in [0.29, 0.717) is 6.42 Å². The van der Waals surface area contributed by atoms with Crippen LogP contribution in [0.4, 0.5) is 0 Å². The molecular formula is C10H16O3. The van der Waals surface area contributed by atoms with Gasteiger partial charge in [-0.15, -0.1) is 0 Å². The quantitative estimate of drug-likeness (QED) is 0.493. The second kappa shape index (κ2) is 4.40. The Morgan fingerprint density at radius 3 is 2.77 bits per heavy atom. The van der Waals surface area contributed by atoms with E-state index in [-0.39, 0.29) is 17.9 Å². The van der Waals surface area contributed by atoms with Crippen molar-refractivity contribution in [3.05, 3.63) is 0 Å². The molecule has 2 atom stereocenters. The maximum absolute atomic E-state index is 11.1. The number of hydrogen-bond acceptors (Lipinski definition) is 3. The summed E-state index contributed by atoms with van der Waals surface area (Å²) in [5, 5.41) is 0. The van der Waals surface area contributed by atoms with Crippen LogP contribution in [-0.4, -0.2) is 17.9 Å². The van der Waals surface area contributed by atoms with E-state index in [0.717, 1.165) is 19.3 Å². The molecule has 3 nitrogen and oxygen atoms in total. The summed E-state index contributed by atoms with van der Waals surface area (Å²) in [7, 11) is 0. The summed E-state index contributed by atoms with van der Waals surface area (Å²) in [6.45, 7) is 3.55. The number of Topliss-reactive ketones (excluding diaryl/α,β-unsaturated/α-hetero) is 1. The van der Waals surface area contributed by atoms with Crippen molar-refractivity contribution in [2.45, 2.75) is 45.6 Å². The molecule has 1 rings (SSSR count). The van der Waals surface area contributed by atoms with Gasteiger partial charge in [-0.3, -0.25) is 9.59 Å². The molecule has 0 aromatic heterocycles. The van der Waals surface area contributed by atoms with E-state index in [1.165, 1.54) is 6.92 Å². The molecule has 1 heterocycles. The Labute approximate surface area is 78.5 Å². The molecule has 0 aromatic carbocycles. The predicted octanol–water partition coefficient (Wildman–Crippen LogP) is 1.70. The highest BCUT2D eigenvalue weighted by Crippen LogP contribution is 2.25. The molecule has 1 saturated heterocycles. The molecule has 13 heavy (non-hydrogen) atoms. The largest absolute Gasteiger partial charge is 0.462 e. The van der Waals surface area contributed by atoms with Crippen LogP contribution in [0.15, 0.2) is 0 Å². The number of unbranched alkanes of at least 4 members (excludes halogenated alkanes) is 1. The van der Waals surface area contributed by atoms with E-state index in [1.807, 2.05) is 0 Å². The highest BCUT2D eigenvalue weighted by molar-refractivity contribution is 5.98. The number of esters is 1. The van der Waals surface area contributed by atoms with E-state index in [1.54, 1.807) is 0 Å². The molecule has 0 aliphatic carbocycles. The Balaban J connectivity index is 2.41. The number of ether oxygens (including phenoxy) is 1. The van der Waals surface area contributed by atoms with Crippen LogP contribution in [0.2, 0.25) is 0 Å². The lowest BCUT2D eigenvalue weighted by Gasteiger charge is -2.06. The Morgan fingerprint density at radius 2 is 2.31 bits per heavy atom. The van der Waals surface area contributed by atoms with Crippen LogP contribution < -0.4 is 0 Å². The smallest absolute Gasteiger partial charge is 0.316 e. The van der Waals surface area contributed by atoms with Crippen LogP contribution in [-0.2, 0) is 14.3 Å². The van der Waals surface area contributed by atoms with Gasteiger partial charge in [0.1, 0.15) is 17.8 Å². The fraction of sp³-hybridized carbons (Fsp3) is 0.800. The highest BCUT2D eigenvalue weighted by Gasteiger charge is 2.36. The first-order valence-electron chi connectivity index (χ1n) is 4.86. The zero-order chi connectivity index (χ0) is 9.84. The normalized spacial score (nSPS) is 27.4. The lowest BCUT2D eigenvalue weighted by molar-refractivity contribution is -0.146. The maximum atomic E-state index is 11.1. The Bertz CT molecular complexity index is 210. The van der Waals surface area contributed by atoms with Crippen molar-refractivity contribution < 1.29 is 14.3 Å². The number of carbonyl (C=O) groups is 2. The molecule has 0 spiro atoms. The van der Waals surface area contributed by atoms with Crippen molar-refractivity contribution in [2.24, 2.45) is 5.92 Å². The standard InChI is InChI=1S/C10H16O3/c1-3-4-5-8-6-9(7(2)11)10(12)13-8/h8-9H,3-6H2,1-2H3. The molecule has 0 amide bonds. The average Bonchev–Trinajstić information content (AvgIpc) is 2.43. The number of cyclic esters (lactones) is 1. The monoisotopic (exact) mass is 184 g/mol. The predicted molar refractivity (Wildman–Crippen MR) is 48.2 cm³/mol. The van der Waals surface area contributed by atoms with Gasteiger partial charge in [0.25, 0.3) is 0 Å². The van der Waals surface area contributed by atoms with Crippen molar-refractivity contribution in [2.75, 3.05) is 0 Å². The second-order valence-corrected chi connectivity index (χ2v) is 3.60. The van der Waals surface area contributed by atoms with Crippen molar-refractivity contribution in [1.29, 1.82) is 0 Å². The summed E-state index contributed by atoms with van der Waals surface area (Å²) in [5.74, 6) is -0.876. The van der Waals surface area contributed by atoms with Gasteiger partial charge in [0.05, 0.1) is 0 Å². The number of rotatable bonds is 4. The van der Waals surface area contributed by atoms with Gasteiger partial charge in [-0.2, -0.15) is 0 Å². The minimum Gasteiger partial charge on any atom is -0.462 e. The van der Waals surface area contributed by atoms with E-state index in [9.17, 15) is 9.59 Å². The lowest BCUT2D eigenvalue weighted by atomic mass is 9.99. The lowest BCUT2D eigenvalue weighted by Crippen LogP contribution is -2.15. The van der Waals surface area contributed by atoms with Gasteiger partial charge in [0.2, 0.25) is 0 Å².